The van der Waals surface area contributed by atoms with Gasteiger partial charge < -0.3 is 4.42 Å². The predicted molar refractivity (Wildman–Crippen MR) is 194 cm³/mol. The van der Waals surface area contributed by atoms with Crippen molar-refractivity contribution >= 4 is 50.4 Å². The van der Waals surface area contributed by atoms with Gasteiger partial charge in [0.15, 0.2) is 0 Å². The predicted octanol–water partition coefficient (Wildman–Crippen LogP) is 12.7. The Hall–Kier alpha value is -5.40. The zero-order chi connectivity index (χ0) is 47.7. The Labute approximate surface area is 292 Å². The van der Waals surface area contributed by atoms with E-state index in [9.17, 15) is 8.22 Å². The fourth-order valence-electron chi connectivity index (χ4n) is 5.79. The van der Waals surface area contributed by atoms with Crippen molar-refractivity contribution in [2.75, 3.05) is 0 Å². The van der Waals surface area contributed by atoms with Gasteiger partial charge in [-0.2, -0.15) is 0 Å². The molecule has 2 aliphatic rings. The molecule has 0 N–H and O–H groups in total. The van der Waals surface area contributed by atoms with Crippen molar-refractivity contribution in [1.82, 2.24) is 0 Å². The van der Waals surface area contributed by atoms with Crippen molar-refractivity contribution < 1.29 is 31.8 Å². The van der Waals surface area contributed by atoms with Gasteiger partial charge in [-0.3, -0.25) is 0 Å². The molecule has 1 nitrogen and oxygen atoms in total. The molecule has 1 heteroatoms. The number of benzene rings is 5. The zero-order valence-electron chi connectivity index (χ0n) is 43.6. The van der Waals surface area contributed by atoms with Gasteiger partial charge >= 0.3 is 0 Å². The number of hydrogen-bond acceptors (Lipinski definition) is 1. The third-order valence-corrected chi connectivity index (χ3v) is 7.69. The summed E-state index contributed by atoms with van der Waals surface area (Å²) in [7, 11) is 0. The quantitative estimate of drug-likeness (QED) is 0.186. The molecule has 4 atom stereocenters. The molecule has 4 unspecified atom stereocenters. The number of para-hydroxylation sites is 1. The van der Waals surface area contributed by atoms with E-state index in [1.807, 2.05) is 0 Å². The molecule has 1 aromatic heterocycles. The van der Waals surface area contributed by atoms with Gasteiger partial charge in [-0.25, -0.2) is 0 Å². The summed E-state index contributed by atoms with van der Waals surface area (Å²) in [5.74, 6) is 0. The molecule has 0 fully saturated rings. The summed E-state index contributed by atoms with van der Waals surface area (Å²) < 4.78 is 182. The molecule has 2 aliphatic carbocycles. The number of hydrogen-bond donors (Lipinski definition) is 0. The number of fused-ring (bicyclic) bond motifs is 4. The van der Waals surface area contributed by atoms with Gasteiger partial charge in [-0.15, -0.1) is 0 Å². The minimum atomic E-state index is -1.73. The SMILES string of the molecule is [2H]C1=C([2H])C([2H])C([2H])C(C2=C([2H])C([2H])=C(c3c(C=C)c(C=C)c(-c4c([2H])c(-c5c([2H])c([2H])c([2H])c([2H])c5[2H])c([2H])c5oc6c([2H])c([2H])c([2H])c([2H])c6c45)c4ccccc34)C([2H])C2[2H])=C1[2H]. The minimum Gasteiger partial charge on any atom is -0.456 e. The molecule has 0 saturated heterocycles. The van der Waals surface area contributed by atoms with Crippen molar-refractivity contribution in [2.24, 2.45) is 0 Å². The monoisotopic (exact) mass is 598 g/mol. The van der Waals surface area contributed by atoms with Crippen LogP contribution < -0.4 is 0 Å². The Morgan fingerprint density at radius 1 is 0.667 bits per heavy atom. The lowest BCUT2D eigenvalue weighted by Crippen LogP contribution is -2.03. The van der Waals surface area contributed by atoms with E-state index in [0.29, 0.717) is 0 Å². The van der Waals surface area contributed by atoms with Crippen LogP contribution in [-0.4, -0.2) is 0 Å². The van der Waals surface area contributed by atoms with Crippen molar-refractivity contribution in [2.45, 2.75) is 25.6 Å². The van der Waals surface area contributed by atoms with E-state index in [1.54, 1.807) is 24.3 Å². The van der Waals surface area contributed by atoms with Crippen LogP contribution in [0.4, 0.5) is 0 Å². The first-order chi connectivity index (χ1) is 30.6. The van der Waals surface area contributed by atoms with Gasteiger partial charge in [0.2, 0.25) is 0 Å². The van der Waals surface area contributed by atoms with Crippen LogP contribution in [-0.2, 0) is 0 Å². The second-order valence-electron chi connectivity index (χ2n) is 10.1. The van der Waals surface area contributed by atoms with Crippen LogP contribution in [0.1, 0.15) is 69.7 Å². The summed E-state index contributed by atoms with van der Waals surface area (Å²) in [6.45, 7) is 8.09. The van der Waals surface area contributed by atoms with Gasteiger partial charge in [-0.05, 0) is 110 Å². The van der Waals surface area contributed by atoms with Crippen LogP contribution in [0.3, 0.4) is 0 Å². The molecule has 0 radical (unpaired) electrons. The van der Waals surface area contributed by atoms with Crippen LogP contribution in [0.25, 0.3) is 72.7 Å². The molecule has 0 saturated carbocycles. The Morgan fingerprint density at radius 2 is 1.36 bits per heavy atom. The largest absolute Gasteiger partial charge is 0.456 e. The molecule has 45 heavy (non-hydrogen) atoms. The third kappa shape index (κ3) is 4.55. The van der Waals surface area contributed by atoms with Crippen molar-refractivity contribution in [3.8, 4) is 22.3 Å². The first-order valence-corrected chi connectivity index (χ1v) is 14.0. The van der Waals surface area contributed by atoms with E-state index in [1.165, 1.54) is 12.2 Å². The van der Waals surface area contributed by atoms with E-state index in [0.717, 1.165) is 0 Å². The maximum Gasteiger partial charge on any atom is 0.136 e. The summed E-state index contributed by atoms with van der Waals surface area (Å²) >= 11 is 0. The molecule has 8 rings (SSSR count). The fourth-order valence-corrected chi connectivity index (χ4v) is 5.79. The molecule has 0 amide bonds. The van der Waals surface area contributed by atoms with Gasteiger partial charge in [0.25, 0.3) is 0 Å². The van der Waals surface area contributed by atoms with E-state index in [2.05, 4.69) is 13.2 Å². The molecule has 0 aliphatic heterocycles. The highest BCUT2D eigenvalue weighted by atomic mass is 16.3. The fraction of sp³-hybridized carbons (Fsp3) is 0.0909. The molecule has 5 aromatic carbocycles. The summed E-state index contributed by atoms with van der Waals surface area (Å²) in [6.07, 6.45) is -3.99. The van der Waals surface area contributed by atoms with Crippen molar-refractivity contribution in [3.63, 3.8) is 0 Å². The van der Waals surface area contributed by atoms with Crippen LogP contribution in [0.5, 0.6) is 0 Å². The first-order valence-electron chi connectivity index (χ1n) is 24.3. The lowest BCUT2D eigenvalue weighted by atomic mass is 9.79. The maximum absolute atomic E-state index is 9.95. The lowest BCUT2D eigenvalue weighted by Gasteiger charge is -2.24. The average Bonchev–Trinajstić information content (AvgIpc) is 3.70. The van der Waals surface area contributed by atoms with E-state index in [4.69, 9.17) is 23.6 Å². The highest BCUT2D eigenvalue weighted by Gasteiger charge is 2.24. The highest BCUT2D eigenvalue weighted by Crippen LogP contribution is 2.48. The molecule has 0 spiro atoms. The van der Waals surface area contributed by atoms with Gasteiger partial charge in [0, 0.05) is 16.3 Å². The molecular formula is C44H34O. The topological polar surface area (TPSA) is 13.1 Å². The maximum atomic E-state index is 9.95. The van der Waals surface area contributed by atoms with E-state index in [-0.39, 0.29) is 71.7 Å². The first kappa shape index (κ1) is 13.3. The van der Waals surface area contributed by atoms with Crippen molar-refractivity contribution in [3.05, 3.63) is 162 Å². The smallest absolute Gasteiger partial charge is 0.136 e. The Morgan fingerprint density at radius 3 is 2.18 bits per heavy atom. The lowest BCUT2D eigenvalue weighted by molar-refractivity contribution is 0.669. The minimum absolute atomic E-state index is 0.105. The van der Waals surface area contributed by atoms with Crippen LogP contribution in [0.15, 0.2) is 150 Å². The number of allylic oxidation sites excluding steroid dienone is 8. The van der Waals surface area contributed by atoms with Crippen LogP contribution >= 0.6 is 0 Å². The van der Waals surface area contributed by atoms with Gasteiger partial charge in [0.05, 0.1) is 21.9 Å². The summed E-state index contributed by atoms with van der Waals surface area (Å²) in [6, 6.07) is -4.19. The zero-order valence-corrected chi connectivity index (χ0v) is 23.6. The number of rotatable bonds is 6. The summed E-state index contributed by atoms with van der Waals surface area (Å²) in [5.41, 5.74) is -2.34. The number of furan rings is 1. The average molecular weight is 599 g/mol. The highest BCUT2D eigenvalue weighted by molar-refractivity contribution is 6.19. The third-order valence-electron chi connectivity index (χ3n) is 7.69. The normalized spacial score (nSPS) is 28.7. The van der Waals surface area contributed by atoms with Crippen LogP contribution in [0, 0.1) is 0 Å². The standard InChI is InChI=1S/C44H34O/c1-3-34-35(4-2)43(37-20-12-11-19-36(37)42(34)32-25-23-31(24-26-32)29-15-7-5-8-16-29)39-27-33(30-17-9-6-10-18-30)28-41-44(39)38-21-13-14-22-40(38)45-41/h3-7,9-15,17-23,25,27-28H,1-2,8,16,24,26H2/i5D,6D,7D,8D,9D,10D,13D,14D,15D,16D,17D,18D,21D,22D,23D,24D,25D,26D,27D,28D. The van der Waals surface area contributed by atoms with Gasteiger partial charge in [-0.1, -0.05) is 128 Å². The van der Waals surface area contributed by atoms with Crippen molar-refractivity contribution in [1.29, 1.82) is 0 Å². The van der Waals surface area contributed by atoms with Crippen LogP contribution in [0.2, 0.25) is 0 Å². The molecule has 6 aromatic rings. The summed E-state index contributed by atoms with van der Waals surface area (Å²) in [5, 5.41) is 0.120. The molecule has 216 valence electrons. The molecular weight excluding hydrogens is 544 g/mol. The summed E-state index contributed by atoms with van der Waals surface area (Å²) in [4.78, 5) is 0. The second-order valence-corrected chi connectivity index (χ2v) is 10.1. The Kier molecular flexibility index (Phi) is 3.33. The second kappa shape index (κ2) is 11.3. The van der Waals surface area contributed by atoms with E-state index >= 15 is 0 Å². The Balaban J connectivity index is 1.58. The Bertz CT molecular complexity index is 3310. The van der Waals surface area contributed by atoms with E-state index < -0.39 is 139 Å². The van der Waals surface area contributed by atoms with Gasteiger partial charge in [0.1, 0.15) is 11.2 Å². The molecule has 0 bridgehead atoms. The molecule has 1 heterocycles.